The summed E-state index contributed by atoms with van der Waals surface area (Å²) in [5, 5.41) is 0. The van der Waals surface area contributed by atoms with E-state index in [1.807, 2.05) is 30.3 Å². The first-order chi connectivity index (χ1) is 12.1. The number of rotatable bonds is 4. The lowest BCUT2D eigenvalue weighted by Gasteiger charge is -2.23. The number of aryl methyl sites for hydroxylation is 1. The summed E-state index contributed by atoms with van der Waals surface area (Å²) in [5.41, 5.74) is 4.20. The van der Waals surface area contributed by atoms with Gasteiger partial charge in [-0.1, -0.05) is 55.0 Å². The molecule has 0 aromatic heterocycles. The van der Waals surface area contributed by atoms with Crippen molar-refractivity contribution in [3.63, 3.8) is 0 Å². The average molecular weight is 338 g/mol. The molecule has 132 valence electrons. The van der Waals surface area contributed by atoms with Crippen molar-refractivity contribution in [3.8, 4) is 11.1 Å². The van der Waals surface area contributed by atoms with E-state index in [4.69, 9.17) is 4.74 Å². The smallest absolute Gasteiger partial charge is 0.414 e. The summed E-state index contributed by atoms with van der Waals surface area (Å²) in [5.74, 6) is 0. The second-order valence-electron chi connectivity index (χ2n) is 6.63. The number of para-hydroxylation sites is 1. The molecule has 0 saturated carbocycles. The van der Waals surface area contributed by atoms with Crippen molar-refractivity contribution in [1.82, 2.24) is 4.90 Å². The van der Waals surface area contributed by atoms with Crippen molar-refractivity contribution in [2.75, 3.05) is 31.6 Å². The molecule has 1 saturated heterocycles. The Morgan fingerprint density at radius 1 is 1.24 bits per heavy atom. The molecule has 0 spiro atoms. The van der Waals surface area contributed by atoms with Gasteiger partial charge in [0.25, 0.3) is 0 Å². The van der Waals surface area contributed by atoms with Crippen molar-refractivity contribution < 1.29 is 9.53 Å². The number of anilines is 1. The molecule has 1 amide bonds. The van der Waals surface area contributed by atoms with Gasteiger partial charge in [-0.15, -0.1) is 0 Å². The summed E-state index contributed by atoms with van der Waals surface area (Å²) in [4.78, 5) is 16.6. The van der Waals surface area contributed by atoms with Gasteiger partial charge in [-0.2, -0.15) is 0 Å². The zero-order chi connectivity index (χ0) is 17.8. The van der Waals surface area contributed by atoms with Crippen LogP contribution in [0.3, 0.4) is 0 Å². The van der Waals surface area contributed by atoms with E-state index in [0.717, 1.165) is 42.9 Å². The van der Waals surface area contributed by atoms with Crippen LogP contribution in [0.2, 0.25) is 0 Å². The van der Waals surface area contributed by atoms with Crippen LogP contribution in [0.5, 0.6) is 0 Å². The number of hydrogen-bond donors (Lipinski definition) is 0. The van der Waals surface area contributed by atoms with Crippen LogP contribution >= 0.6 is 0 Å². The Bertz CT molecular complexity index is 744. The number of ether oxygens (including phenoxy) is 1. The van der Waals surface area contributed by atoms with Crippen molar-refractivity contribution in [2.45, 2.75) is 26.4 Å². The highest BCUT2D eigenvalue weighted by Crippen LogP contribution is 2.31. The third-order valence-electron chi connectivity index (χ3n) is 4.81. The van der Waals surface area contributed by atoms with Crippen molar-refractivity contribution in [2.24, 2.45) is 0 Å². The Balaban J connectivity index is 1.78. The van der Waals surface area contributed by atoms with Crippen LogP contribution in [-0.4, -0.2) is 43.8 Å². The molecule has 1 heterocycles. The van der Waals surface area contributed by atoms with Gasteiger partial charge >= 0.3 is 6.09 Å². The third-order valence-corrected chi connectivity index (χ3v) is 4.81. The van der Waals surface area contributed by atoms with Crippen LogP contribution in [0.15, 0.2) is 48.5 Å². The van der Waals surface area contributed by atoms with E-state index >= 15 is 0 Å². The summed E-state index contributed by atoms with van der Waals surface area (Å²) in [6.45, 7) is 7.03. The molecule has 3 rings (SSSR count). The largest absolute Gasteiger partial charge is 0.444 e. The Hall–Kier alpha value is -2.33. The molecule has 0 unspecified atom stereocenters. The highest BCUT2D eigenvalue weighted by atomic mass is 16.6. The normalized spacial score (nSPS) is 17.5. The Kier molecular flexibility index (Phi) is 5.39. The molecule has 1 fully saturated rings. The first kappa shape index (κ1) is 17.5. The van der Waals surface area contributed by atoms with E-state index in [9.17, 15) is 4.79 Å². The van der Waals surface area contributed by atoms with Gasteiger partial charge in [-0.05, 0) is 31.5 Å². The van der Waals surface area contributed by atoms with E-state index < -0.39 is 0 Å². The van der Waals surface area contributed by atoms with E-state index in [1.54, 1.807) is 11.9 Å². The Morgan fingerprint density at radius 3 is 2.76 bits per heavy atom. The monoisotopic (exact) mass is 338 g/mol. The van der Waals surface area contributed by atoms with Crippen LogP contribution in [0.1, 0.15) is 18.9 Å². The molecule has 4 nitrogen and oxygen atoms in total. The predicted molar refractivity (Wildman–Crippen MR) is 102 cm³/mol. The number of amides is 1. The fraction of sp³-hybridized carbons (Fsp3) is 0.381. The topological polar surface area (TPSA) is 32.8 Å². The molecule has 2 aromatic carbocycles. The molecule has 1 aliphatic heterocycles. The molecule has 0 bridgehead atoms. The van der Waals surface area contributed by atoms with E-state index in [0.29, 0.717) is 0 Å². The van der Waals surface area contributed by atoms with Gasteiger partial charge in [-0.3, -0.25) is 9.80 Å². The van der Waals surface area contributed by atoms with Crippen molar-refractivity contribution in [3.05, 3.63) is 54.1 Å². The summed E-state index contributed by atoms with van der Waals surface area (Å²) >= 11 is 0. The zero-order valence-electron chi connectivity index (χ0n) is 15.2. The van der Waals surface area contributed by atoms with Crippen LogP contribution in [0.25, 0.3) is 11.1 Å². The number of carbonyl (C=O) groups excluding carboxylic acids is 1. The van der Waals surface area contributed by atoms with Crippen LogP contribution in [0.4, 0.5) is 10.5 Å². The zero-order valence-corrected chi connectivity index (χ0v) is 15.2. The Morgan fingerprint density at radius 2 is 2.04 bits per heavy atom. The first-order valence-corrected chi connectivity index (χ1v) is 8.91. The average Bonchev–Trinajstić information content (AvgIpc) is 3.08. The summed E-state index contributed by atoms with van der Waals surface area (Å²) < 4.78 is 5.72. The Labute approximate surface area is 150 Å². The maximum atomic E-state index is 12.6. The third kappa shape index (κ3) is 4.02. The van der Waals surface area contributed by atoms with Crippen molar-refractivity contribution in [1.29, 1.82) is 0 Å². The summed E-state index contributed by atoms with van der Waals surface area (Å²) in [7, 11) is 1.78. The van der Waals surface area contributed by atoms with Crippen molar-refractivity contribution >= 4 is 11.8 Å². The molecule has 0 radical (unpaired) electrons. The lowest BCUT2D eigenvalue weighted by Crippen LogP contribution is -2.32. The first-order valence-electron chi connectivity index (χ1n) is 8.91. The highest BCUT2D eigenvalue weighted by Gasteiger charge is 2.26. The molecule has 1 atom stereocenters. The van der Waals surface area contributed by atoms with Gasteiger partial charge < -0.3 is 4.74 Å². The van der Waals surface area contributed by atoms with Gasteiger partial charge in [0.2, 0.25) is 0 Å². The van der Waals surface area contributed by atoms with Gasteiger partial charge in [0.05, 0.1) is 5.69 Å². The second-order valence-corrected chi connectivity index (χ2v) is 6.63. The minimum Gasteiger partial charge on any atom is -0.444 e. The van der Waals surface area contributed by atoms with Crippen LogP contribution in [0, 0.1) is 6.92 Å². The molecule has 0 aliphatic carbocycles. The maximum Gasteiger partial charge on any atom is 0.414 e. The van der Waals surface area contributed by atoms with E-state index in [-0.39, 0.29) is 12.2 Å². The molecule has 4 heteroatoms. The minimum absolute atomic E-state index is 0.0129. The predicted octanol–water partition coefficient (Wildman–Crippen LogP) is 4.33. The van der Waals surface area contributed by atoms with Crippen LogP contribution < -0.4 is 4.90 Å². The number of carbonyl (C=O) groups is 1. The number of hydrogen-bond acceptors (Lipinski definition) is 3. The standard InChI is InChI=1S/C21H26N2O2/c1-4-23-13-12-18(15-23)25-21(24)22(3)20-11-6-5-10-19(20)17-9-7-8-16(2)14-17/h5-11,14,18H,4,12-13,15H2,1-3H3/t18-/m0/s1. The molecular formula is C21H26N2O2. The SMILES string of the molecule is CCN1CC[C@H](OC(=O)N(C)c2ccccc2-c2cccc(C)c2)C1. The number of nitrogens with zero attached hydrogens (tertiary/aromatic N) is 2. The number of benzene rings is 2. The highest BCUT2D eigenvalue weighted by molar-refractivity contribution is 5.93. The molecule has 25 heavy (non-hydrogen) atoms. The lowest BCUT2D eigenvalue weighted by molar-refractivity contribution is 0.108. The van der Waals surface area contributed by atoms with Crippen LogP contribution in [-0.2, 0) is 4.74 Å². The molecule has 1 aliphatic rings. The minimum atomic E-state index is -0.289. The number of likely N-dealkylation sites (tertiary alicyclic amines) is 1. The second kappa shape index (κ2) is 7.70. The molecular weight excluding hydrogens is 312 g/mol. The maximum absolute atomic E-state index is 12.6. The van der Waals surface area contributed by atoms with E-state index in [1.165, 1.54) is 5.56 Å². The summed E-state index contributed by atoms with van der Waals surface area (Å²) in [6, 6.07) is 16.3. The van der Waals surface area contributed by atoms with Gasteiger partial charge in [0.15, 0.2) is 0 Å². The van der Waals surface area contributed by atoms with Gasteiger partial charge in [0, 0.05) is 25.7 Å². The quantitative estimate of drug-likeness (QED) is 0.832. The number of likely N-dealkylation sites (N-methyl/N-ethyl adjacent to an activating group) is 1. The van der Waals surface area contributed by atoms with E-state index in [2.05, 4.69) is 36.9 Å². The fourth-order valence-electron chi connectivity index (χ4n) is 3.32. The fourth-order valence-corrected chi connectivity index (χ4v) is 3.32. The van der Waals surface area contributed by atoms with Gasteiger partial charge in [0.1, 0.15) is 6.10 Å². The van der Waals surface area contributed by atoms with Gasteiger partial charge in [-0.25, -0.2) is 4.79 Å². The molecule has 0 N–H and O–H groups in total. The molecule has 2 aromatic rings. The lowest BCUT2D eigenvalue weighted by atomic mass is 10.0. The summed E-state index contributed by atoms with van der Waals surface area (Å²) in [6.07, 6.45) is 0.608.